The number of ether oxygens (including phenoxy) is 1. The SMILES string of the molecule is Cl.Cl.c1cc(N2CCCC2)ccc1[C@@H](C1CCOCC1)N1CCNCC1. The van der Waals surface area contributed by atoms with Crippen LogP contribution in [-0.4, -0.2) is 57.4 Å². The molecule has 0 spiro atoms. The fourth-order valence-electron chi connectivity index (χ4n) is 4.63. The second-order valence-electron chi connectivity index (χ2n) is 7.47. The molecule has 0 saturated carbocycles. The normalized spacial score (nSPS) is 23.2. The molecule has 4 rings (SSSR count). The molecule has 0 amide bonds. The topological polar surface area (TPSA) is 27.7 Å². The average Bonchev–Trinajstić information content (AvgIpc) is 3.19. The molecule has 3 aliphatic rings. The quantitative estimate of drug-likeness (QED) is 0.835. The summed E-state index contributed by atoms with van der Waals surface area (Å²) >= 11 is 0. The Hall–Kier alpha value is -0.520. The zero-order chi connectivity index (χ0) is 16.2. The molecule has 0 bridgehead atoms. The van der Waals surface area contributed by atoms with Crippen LogP contribution in [0.15, 0.2) is 24.3 Å². The summed E-state index contributed by atoms with van der Waals surface area (Å²) in [6.07, 6.45) is 5.07. The number of piperazine rings is 1. The Morgan fingerprint density at radius 1 is 0.885 bits per heavy atom. The highest BCUT2D eigenvalue weighted by molar-refractivity contribution is 5.85. The van der Waals surface area contributed by atoms with Crippen molar-refractivity contribution in [2.45, 2.75) is 31.7 Å². The Kier molecular flexibility index (Phi) is 8.98. The van der Waals surface area contributed by atoms with Crippen LogP contribution < -0.4 is 10.2 Å². The van der Waals surface area contributed by atoms with E-state index in [0.29, 0.717) is 6.04 Å². The van der Waals surface area contributed by atoms with Crippen molar-refractivity contribution in [3.8, 4) is 0 Å². The summed E-state index contributed by atoms with van der Waals surface area (Å²) in [5.74, 6) is 0.731. The number of benzene rings is 1. The van der Waals surface area contributed by atoms with Crippen LogP contribution in [0.1, 0.15) is 37.3 Å². The van der Waals surface area contributed by atoms with Gasteiger partial charge in [-0.1, -0.05) is 12.1 Å². The molecule has 1 N–H and O–H groups in total. The van der Waals surface area contributed by atoms with Crippen LogP contribution in [-0.2, 0) is 4.74 Å². The lowest BCUT2D eigenvalue weighted by atomic mass is 9.85. The lowest BCUT2D eigenvalue weighted by Crippen LogP contribution is -2.47. The number of anilines is 1. The molecule has 1 atom stereocenters. The van der Waals surface area contributed by atoms with Gasteiger partial charge in [-0.2, -0.15) is 0 Å². The highest BCUT2D eigenvalue weighted by Gasteiger charge is 2.31. The smallest absolute Gasteiger partial charge is 0.0469 e. The van der Waals surface area contributed by atoms with Crippen molar-refractivity contribution < 1.29 is 4.74 Å². The number of nitrogens with zero attached hydrogens (tertiary/aromatic N) is 2. The summed E-state index contributed by atoms with van der Waals surface area (Å²) in [6.45, 7) is 8.86. The average molecular weight is 402 g/mol. The molecule has 0 unspecified atom stereocenters. The monoisotopic (exact) mass is 401 g/mol. The molecule has 4 nitrogen and oxygen atoms in total. The first kappa shape index (κ1) is 21.8. The summed E-state index contributed by atoms with van der Waals surface area (Å²) in [5, 5.41) is 3.50. The molecule has 1 aromatic carbocycles. The molecule has 148 valence electrons. The predicted molar refractivity (Wildman–Crippen MR) is 113 cm³/mol. The van der Waals surface area contributed by atoms with Crippen molar-refractivity contribution >= 4 is 30.5 Å². The third-order valence-corrected chi connectivity index (χ3v) is 5.96. The van der Waals surface area contributed by atoms with E-state index in [1.165, 1.54) is 50.0 Å². The molecular weight excluding hydrogens is 369 g/mol. The highest BCUT2D eigenvalue weighted by Crippen LogP contribution is 2.36. The van der Waals surface area contributed by atoms with Gasteiger partial charge in [0.25, 0.3) is 0 Å². The first-order valence-corrected chi connectivity index (χ1v) is 9.79. The van der Waals surface area contributed by atoms with E-state index in [2.05, 4.69) is 39.4 Å². The third-order valence-electron chi connectivity index (χ3n) is 5.96. The van der Waals surface area contributed by atoms with Crippen LogP contribution in [0.4, 0.5) is 5.69 Å². The minimum absolute atomic E-state index is 0. The number of halogens is 2. The molecule has 1 aromatic rings. The van der Waals surface area contributed by atoms with E-state index in [1.807, 2.05) is 0 Å². The molecule has 6 heteroatoms. The molecule has 0 radical (unpaired) electrons. The number of rotatable bonds is 4. The van der Waals surface area contributed by atoms with Gasteiger partial charge in [0, 0.05) is 64.2 Å². The van der Waals surface area contributed by atoms with Crippen LogP contribution in [0.2, 0.25) is 0 Å². The van der Waals surface area contributed by atoms with Gasteiger partial charge in [0.15, 0.2) is 0 Å². The van der Waals surface area contributed by atoms with Gasteiger partial charge in [0.2, 0.25) is 0 Å². The Balaban J connectivity index is 0.00000121. The molecule has 3 saturated heterocycles. The summed E-state index contributed by atoms with van der Waals surface area (Å²) < 4.78 is 5.62. The van der Waals surface area contributed by atoms with Crippen LogP contribution >= 0.6 is 24.8 Å². The van der Waals surface area contributed by atoms with Gasteiger partial charge < -0.3 is 15.0 Å². The maximum atomic E-state index is 5.62. The fraction of sp³-hybridized carbons (Fsp3) is 0.700. The first-order chi connectivity index (χ1) is 11.9. The lowest BCUT2D eigenvalue weighted by Gasteiger charge is -2.41. The van der Waals surface area contributed by atoms with Crippen LogP contribution in [0.3, 0.4) is 0 Å². The van der Waals surface area contributed by atoms with Crippen molar-refractivity contribution in [2.75, 3.05) is 57.4 Å². The summed E-state index contributed by atoms with van der Waals surface area (Å²) in [5.41, 5.74) is 2.91. The minimum atomic E-state index is 0. The second kappa shape index (κ2) is 10.7. The maximum Gasteiger partial charge on any atom is 0.0469 e. The van der Waals surface area contributed by atoms with Gasteiger partial charge >= 0.3 is 0 Å². The third kappa shape index (κ3) is 5.05. The first-order valence-electron chi connectivity index (χ1n) is 9.79. The Morgan fingerprint density at radius 2 is 1.50 bits per heavy atom. The van der Waals surface area contributed by atoms with Crippen LogP contribution in [0.25, 0.3) is 0 Å². The van der Waals surface area contributed by atoms with Crippen molar-refractivity contribution in [2.24, 2.45) is 5.92 Å². The van der Waals surface area contributed by atoms with Crippen LogP contribution in [0, 0.1) is 5.92 Å². The van der Waals surface area contributed by atoms with Gasteiger partial charge in [-0.05, 0) is 49.3 Å². The summed E-state index contributed by atoms with van der Waals surface area (Å²) in [6, 6.07) is 10.1. The van der Waals surface area contributed by atoms with E-state index in [4.69, 9.17) is 4.74 Å². The summed E-state index contributed by atoms with van der Waals surface area (Å²) in [7, 11) is 0. The Labute approximate surface area is 170 Å². The molecule has 0 aliphatic carbocycles. The Morgan fingerprint density at radius 3 is 2.12 bits per heavy atom. The van der Waals surface area contributed by atoms with E-state index in [-0.39, 0.29) is 24.8 Å². The zero-order valence-corrected chi connectivity index (χ0v) is 17.2. The van der Waals surface area contributed by atoms with Gasteiger partial charge in [0.1, 0.15) is 0 Å². The maximum absolute atomic E-state index is 5.62. The van der Waals surface area contributed by atoms with E-state index in [1.54, 1.807) is 0 Å². The number of hydrogen-bond donors (Lipinski definition) is 1. The number of nitrogens with one attached hydrogen (secondary N) is 1. The molecule has 0 aromatic heterocycles. The summed E-state index contributed by atoms with van der Waals surface area (Å²) in [4.78, 5) is 5.23. The van der Waals surface area contributed by atoms with E-state index in [0.717, 1.165) is 45.3 Å². The van der Waals surface area contributed by atoms with E-state index < -0.39 is 0 Å². The molecule has 3 aliphatic heterocycles. The highest BCUT2D eigenvalue weighted by atomic mass is 35.5. The standard InChI is InChI=1S/C20H31N3O.2ClH/c1-2-12-22(11-1)19-5-3-17(4-6-19)20(18-7-15-24-16-8-18)23-13-9-21-10-14-23;;/h3-6,18,20-21H,1-2,7-16H2;2*1H/t20-;;/m0../s1. The van der Waals surface area contributed by atoms with E-state index >= 15 is 0 Å². The van der Waals surface area contributed by atoms with Gasteiger partial charge in [-0.15, -0.1) is 24.8 Å². The Bertz CT molecular complexity index is 492. The largest absolute Gasteiger partial charge is 0.381 e. The molecule has 3 fully saturated rings. The van der Waals surface area contributed by atoms with Crippen LogP contribution in [0.5, 0.6) is 0 Å². The molecule has 26 heavy (non-hydrogen) atoms. The predicted octanol–water partition coefficient (Wildman–Crippen LogP) is 3.50. The lowest BCUT2D eigenvalue weighted by molar-refractivity contribution is 0.0213. The molecule has 3 heterocycles. The van der Waals surface area contributed by atoms with Crippen molar-refractivity contribution in [1.82, 2.24) is 10.2 Å². The van der Waals surface area contributed by atoms with Gasteiger partial charge in [-0.25, -0.2) is 0 Å². The second-order valence-corrected chi connectivity index (χ2v) is 7.47. The van der Waals surface area contributed by atoms with Gasteiger partial charge in [0.05, 0.1) is 0 Å². The molecular formula is C20H33Cl2N3O. The van der Waals surface area contributed by atoms with Crippen molar-refractivity contribution in [1.29, 1.82) is 0 Å². The van der Waals surface area contributed by atoms with Crippen molar-refractivity contribution in [3.05, 3.63) is 29.8 Å². The van der Waals surface area contributed by atoms with Crippen molar-refractivity contribution in [3.63, 3.8) is 0 Å². The fourth-order valence-corrected chi connectivity index (χ4v) is 4.63. The number of hydrogen-bond acceptors (Lipinski definition) is 4. The minimum Gasteiger partial charge on any atom is -0.381 e. The van der Waals surface area contributed by atoms with E-state index in [9.17, 15) is 0 Å². The zero-order valence-electron chi connectivity index (χ0n) is 15.6. The van der Waals surface area contributed by atoms with Gasteiger partial charge in [-0.3, -0.25) is 4.90 Å².